The van der Waals surface area contributed by atoms with Gasteiger partial charge in [0.2, 0.25) is 5.91 Å². The number of aryl methyl sites for hydroxylation is 1. The molecule has 0 aliphatic carbocycles. The molecule has 3 nitrogen and oxygen atoms in total. The lowest BCUT2D eigenvalue weighted by Gasteiger charge is -2.53. The molecule has 3 rings (SSSR count). The molecule has 1 aliphatic heterocycles. The molecule has 1 saturated heterocycles. The number of hydrogen-bond acceptors (Lipinski definition) is 2. The van der Waals surface area contributed by atoms with E-state index < -0.39 is 5.41 Å². The van der Waals surface area contributed by atoms with Crippen LogP contribution in [0.15, 0.2) is 48.5 Å². The Morgan fingerprint density at radius 2 is 1.68 bits per heavy atom. The normalized spacial score (nSPS) is 19.7. The number of nitrogens with zero attached hydrogens (tertiary/aromatic N) is 1. The van der Waals surface area contributed by atoms with E-state index in [1.165, 1.54) is 5.56 Å². The minimum Gasteiger partial charge on any atom is -0.496 e. The van der Waals surface area contributed by atoms with E-state index in [9.17, 15) is 4.79 Å². The third-order valence-electron chi connectivity index (χ3n) is 4.46. The number of carbonyl (C=O) groups is 1. The standard InChI is InChI=1S/C19H21NO2/c1-13-9-11-14(12-10-13)20-17(19(2,3)18(20)21)15-7-5-6-8-16(15)22-4/h5-12,17H,1-4H3. The molecule has 1 heterocycles. The van der Waals surface area contributed by atoms with E-state index in [4.69, 9.17) is 4.74 Å². The maximum atomic E-state index is 12.6. The molecular weight excluding hydrogens is 274 g/mol. The van der Waals surface area contributed by atoms with Gasteiger partial charge in [0.15, 0.2) is 0 Å². The fourth-order valence-electron chi connectivity index (χ4n) is 3.19. The van der Waals surface area contributed by atoms with Crippen molar-refractivity contribution in [2.45, 2.75) is 26.8 Å². The molecule has 1 amide bonds. The van der Waals surface area contributed by atoms with Crippen LogP contribution in [0.1, 0.15) is 31.0 Å². The highest BCUT2D eigenvalue weighted by Crippen LogP contribution is 2.53. The zero-order valence-electron chi connectivity index (χ0n) is 13.5. The van der Waals surface area contributed by atoms with Gasteiger partial charge < -0.3 is 9.64 Å². The van der Waals surface area contributed by atoms with Crippen LogP contribution >= 0.6 is 0 Å². The summed E-state index contributed by atoms with van der Waals surface area (Å²) in [5.41, 5.74) is 2.74. The summed E-state index contributed by atoms with van der Waals surface area (Å²) in [4.78, 5) is 14.5. The number of anilines is 1. The van der Waals surface area contributed by atoms with Crippen LogP contribution in [0.4, 0.5) is 5.69 Å². The largest absolute Gasteiger partial charge is 0.496 e. The van der Waals surface area contributed by atoms with Crippen molar-refractivity contribution in [2.24, 2.45) is 5.41 Å². The summed E-state index contributed by atoms with van der Waals surface area (Å²) in [6, 6.07) is 16.0. The first-order chi connectivity index (χ1) is 10.5. The Balaban J connectivity index is 2.06. The Morgan fingerprint density at radius 1 is 1.05 bits per heavy atom. The Labute approximate surface area is 131 Å². The van der Waals surface area contributed by atoms with E-state index in [2.05, 4.69) is 0 Å². The van der Waals surface area contributed by atoms with Gasteiger partial charge in [-0.1, -0.05) is 35.9 Å². The zero-order valence-corrected chi connectivity index (χ0v) is 13.5. The van der Waals surface area contributed by atoms with Gasteiger partial charge in [0.25, 0.3) is 0 Å². The molecule has 0 spiro atoms. The summed E-state index contributed by atoms with van der Waals surface area (Å²) in [6.45, 7) is 6.04. The topological polar surface area (TPSA) is 29.5 Å². The van der Waals surface area contributed by atoms with Gasteiger partial charge in [0, 0.05) is 11.3 Å². The van der Waals surface area contributed by atoms with Gasteiger partial charge in [0.05, 0.1) is 18.6 Å². The van der Waals surface area contributed by atoms with Crippen molar-refractivity contribution in [1.29, 1.82) is 0 Å². The van der Waals surface area contributed by atoms with Crippen molar-refractivity contribution < 1.29 is 9.53 Å². The highest BCUT2D eigenvalue weighted by Gasteiger charge is 2.56. The molecule has 1 atom stereocenters. The molecule has 3 heteroatoms. The average Bonchev–Trinajstić information content (AvgIpc) is 2.53. The van der Waals surface area contributed by atoms with Crippen LogP contribution in [0.2, 0.25) is 0 Å². The van der Waals surface area contributed by atoms with Crippen molar-refractivity contribution in [2.75, 3.05) is 12.0 Å². The first-order valence-electron chi connectivity index (χ1n) is 7.50. The summed E-state index contributed by atoms with van der Waals surface area (Å²) >= 11 is 0. The molecular formula is C19H21NO2. The number of benzene rings is 2. The van der Waals surface area contributed by atoms with Gasteiger partial charge in [-0.15, -0.1) is 0 Å². The van der Waals surface area contributed by atoms with Crippen LogP contribution < -0.4 is 9.64 Å². The number of ether oxygens (including phenoxy) is 1. The number of hydrogen-bond donors (Lipinski definition) is 0. The fraction of sp³-hybridized carbons (Fsp3) is 0.316. The number of β-lactam (4-membered cyclic amide) rings is 1. The predicted molar refractivity (Wildman–Crippen MR) is 88.2 cm³/mol. The second-order valence-electron chi connectivity index (χ2n) is 6.38. The second kappa shape index (κ2) is 5.16. The lowest BCUT2D eigenvalue weighted by Crippen LogP contribution is -2.61. The molecule has 0 N–H and O–H groups in total. The molecule has 114 valence electrons. The third-order valence-corrected chi connectivity index (χ3v) is 4.46. The first-order valence-corrected chi connectivity index (χ1v) is 7.50. The lowest BCUT2D eigenvalue weighted by molar-refractivity contribution is -0.137. The van der Waals surface area contributed by atoms with Crippen LogP contribution in [-0.4, -0.2) is 13.0 Å². The highest BCUT2D eigenvalue weighted by atomic mass is 16.5. The van der Waals surface area contributed by atoms with Gasteiger partial charge in [-0.05, 0) is 39.0 Å². The predicted octanol–water partition coefficient (Wildman–Crippen LogP) is 4.12. The molecule has 1 fully saturated rings. The van der Waals surface area contributed by atoms with Gasteiger partial charge >= 0.3 is 0 Å². The molecule has 2 aromatic rings. The molecule has 1 aliphatic rings. The maximum absolute atomic E-state index is 12.6. The minimum atomic E-state index is -0.431. The van der Waals surface area contributed by atoms with Crippen LogP contribution in [-0.2, 0) is 4.79 Å². The number of amides is 1. The van der Waals surface area contributed by atoms with E-state index in [0.29, 0.717) is 0 Å². The average molecular weight is 295 g/mol. The number of para-hydroxylation sites is 1. The SMILES string of the molecule is COc1ccccc1C1N(c2ccc(C)cc2)C(=O)C1(C)C. The van der Waals surface area contributed by atoms with E-state index in [-0.39, 0.29) is 11.9 Å². The summed E-state index contributed by atoms with van der Waals surface area (Å²) in [5, 5.41) is 0. The van der Waals surface area contributed by atoms with Crippen molar-refractivity contribution in [3.05, 3.63) is 59.7 Å². The molecule has 2 aromatic carbocycles. The van der Waals surface area contributed by atoms with E-state index in [1.54, 1.807) is 7.11 Å². The van der Waals surface area contributed by atoms with Crippen LogP contribution in [0.5, 0.6) is 5.75 Å². The Kier molecular flexibility index (Phi) is 3.44. The fourth-order valence-corrected chi connectivity index (χ4v) is 3.19. The number of rotatable bonds is 3. The Bertz CT molecular complexity index is 704. The van der Waals surface area contributed by atoms with Gasteiger partial charge in [-0.3, -0.25) is 4.79 Å². The van der Waals surface area contributed by atoms with E-state index in [0.717, 1.165) is 17.0 Å². The molecule has 0 radical (unpaired) electrons. The highest BCUT2D eigenvalue weighted by molar-refractivity contribution is 6.05. The lowest BCUT2D eigenvalue weighted by atomic mass is 9.70. The Hall–Kier alpha value is -2.29. The van der Waals surface area contributed by atoms with Gasteiger partial charge in [0.1, 0.15) is 5.75 Å². The summed E-state index contributed by atoms with van der Waals surface area (Å²) in [5.74, 6) is 0.970. The molecule has 0 aromatic heterocycles. The monoisotopic (exact) mass is 295 g/mol. The van der Waals surface area contributed by atoms with Gasteiger partial charge in [-0.25, -0.2) is 0 Å². The van der Waals surface area contributed by atoms with Crippen molar-refractivity contribution in [3.63, 3.8) is 0 Å². The minimum absolute atomic E-state index is 0.0149. The Morgan fingerprint density at radius 3 is 2.32 bits per heavy atom. The molecule has 22 heavy (non-hydrogen) atoms. The summed E-state index contributed by atoms with van der Waals surface area (Å²) in [6.07, 6.45) is 0. The van der Waals surface area contributed by atoms with Gasteiger partial charge in [-0.2, -0.15) is 0 Å². The molecule has 0 saturated carbocycles. The van der Waals surface area contributed by atoms with E-state index in [1.807, 2.05) is 74.2 Å². The quantitative estimate of drug-likeness (QED) is 0.797. The van der Waals surface area contributed by atoms with Crippen LogP contribution in [0, 0.1) is 12.3 Å². The smallest absolute Gasteiger partial charge is 0.235 e. The third kappa shape index (κ3) is 2.08. The first kappa shape index (κ1) is 14.6. The van der Waals surface area contributed by atoms with E-state index >= 15 is 0 Å². The second-order valence-corrected chi connectivity index (χ2v) is 6.38. The maximum Gasteiger partial charge on any atom is 0.235 e. The number of methoxy groups -OCH3 is 1. The summed E-state index contributed by atoms with van der Waals surface area (Å²) < 4.78 is 5.50. The van der Waals surface area contributed by atoms with Crippen LogP contribution in [0.3, 0.4) is 0 Å². The van der Waals surface area contributed by atoms with Crippen molar-refractivity contribution in [1.82, 2.24) is 0 Å². The van der Waals surface area contributed by atoms with Crippen molar-refractivity contribution in [3.8, 4) is 5.75 Å². The summed E-state index contributed by atoms with van der Waals surface area (Å²) in [7, 11) is 1.67. The zero-order chi connectivity index (χ0) is 15.9. The molecule has 0 bridgehead atoms. The van der Waals surface area contributed by atoms with Crippen LogP contribution in [0.25, 0.3) is 0 Å². The molecule has 1 unspecified atom stereocenters. The number of carbonyl (C=O) groups excluding carboxylic acids is 1. The van der Waals surface area contributed by atoms with Crippen molar-refractivity contribution >= 4 is 11.6 Å².